The van der Waals surface area contributed by atoms with Gasteiger partial charge in [-0.15, -0.1) is 0 Å². The van der Waals surface area contributed by atoms with Gasteiger partial charge in [0.05, 0.1) is 17.9 Å². The zero-order valence-electron chi connectivity index (χ0n) is 10.8. The SMILES string of the molecule is CC1NCCC1C(=O)N1CCCC2C(=O)NCC21. The van der Waals surface area contributed by atoms with Crippen molar-refractivity contribution in [2.45, 2.75) is 38.3 Å². The lowest BCUT2D eigenvalue weighted by Crippen LogP contribution is -2.52. The number of nitrogens with zero attached hydrogens (tertiary/aromatic N) is 1. The minimum absolute atomic E-state index is 0.0346. The maximum Gasteiger partial charge on any atom is 0.227 e. The summed E-state index contributed by atoms with van der Waals surface area (Å²) in [5, 5.41) is 6.23. The van der Waals surface area contributed by atoms with Gasteiger partial charge in [-0.3, -0.25) is 9.59 Å². The fraction of sp³-hybridized carbons (Fsp3) is 0.846. The van der Waals surface area contributed by atoms with Gasteiger partial charge in [-0.25, -0.2) is 0 Å². The van der Waals surface area contributed by atoms with Crippen molar-refractivity contribution in [3.63, 3.8) is 0 Å². The van der Waals surface area contributed by atoms with Crippen LogP contribution in [0.1, 0.15) is 26.2 Å². The van der Waals surface area contributed by atoms with Gasteiger partial charge in [0.25, 0.3) is 0 Å². The molecule has 3 heterocycles. The molecular formula is C13H21N3O2. The quantitative estimate of drug-likeness (QED) is 0.674. The van der Waals surface area contributed by atoms with Gasteiger partial charge in [0, 0.05) is 19.1 Å². The Morgan fingerprint density at radius 3 is 2.94 bits per heavy atom. The number of carbonyl (C=O) groups excluding carboxylic acids is 2. The van der Waals surface area contributed by atoms with Crippen molar-refractivity contribution in [1.29, 1.82) is 0 Å². The van der Waals surface area contributed by atoms with Crippen molar-refractivity contribution in [2.75, 3.05) is 19.6 Å². The van der Waals surface area contributed by atoms with E-state index in [1.807, 2.05) is 4.90 Å². The molecule has 0 saturated carbocycles. The first-order valence-electron chi connectivity index (χ1n) is 7.00. The van der Waals surface area contributed by atoms with Crippen molar-refractivity contribution in [1.82, 2.24) is 15.5 Å². The number of piperidine rings is 1. The van der Waals surface area contributed by atoms with Gasteiger partial charge >= 0.3 is 0 Å². The first-order valence-corrected chi connectivity index (χ1v) is 7.00. The Bertz CT molecular complexity index is 371. The number of hydrogen-bond acceptors (Lipinski definition) is 3. The van der Waals surface area contributed by atoms with E-state index in [0.29, 0.717) is 6.54 Å². The second-order valence-corrected chi connectivity index (χ2v) is 5.73. The van der Waals surface area contributed by atoms with Crippen molar-refractivity contribution in [3.05, 3.63) is 0 Å². The Labute approximate surface area is 107 Å². The minimum Gasteiger partial charge on any atom is -0.354 e. The average molecular weight is 251 g/mol. The summed E-state index contributed by atoms with van der Waals surface area (Å²) in [4.78, 5) is 26.3. The summed E-state index contributed by atoms with van der Waals surface area (Å²) in [6, 6.07) is 0.370. The summed E-state index contributed by atoms with van der Waals surface area (Å²) in [6.45, 7) is 4.47. The molecule has 2 N–H and O–H groups in total. The van der Waals surface area contributed by atoms with Crippen LogP contribution in [-0.2, 0) is 9.59 Å². The number of hydrogen-bond donors (Lipinski definition) is 2. The smallest absolute Gasteiger partial charge is 0.227 e. The third kappa shape index (κ3) is 1.81. The Hall–Kier alpha value is -1.10. The first kappa shape index (κ1) is 12.0. The lowest BCUT2D eigenvalue weighted by molar-refractivity contribution is -0.141. The normalized spacial score (nSPS) is 39.6. The second-order valence-electron chi connectivity index (χ2n) is 5.73. The summed E-state index contributed by atoms with van der Waals surface area (Å²) in [6.07, 6.45) is 2.81. The van der Waals surface area contributed by atoms with E-state index >= 15 is 0 Å². The Morgan fingerprint density at radius 2 is 2.22 bits per heavy atom. The van der Waals surface area contributed by atoms with E-state index in [0.717, 1.165) is 32.4 Å². The zero-order valence-corrected chi connectivity index (χ0v) is 10.8. The highest BCUT2D eigenvalue weighted by molar-refractivity contribution is 5.85. The summed E-state index contributed by atoms with van der Waals surface area (Å²) in [5.74, 6) is 0.514. The fourth-order valence-corrected chi connectivity index (χ4v) is 3.63. The van der Waals surface area contributed by atoms with Gasteiger partial charge in [-0.2, -0.15) is 0 Å². The molecule has 3 saturated heterocycles. The lowest BCUT2D eigenvalue weighted by atomic mass is 9.89. The van der Waals surface area contributed by atoms with E-state index in [2.05, 4.69) is 17.6 Å². The molecule has 0 aromatic rings. The largest absolute Gasteiger partial charge is 0.354 e. The number of amides is 2. The van der Waals surface area contributed by atoms with Gasteiger partial charge in [-0.05, 0) is 32.7 Å². The van der Waals surface area contributed by atoms with Crippen LogP contribution in [-0.4, -0.2) is 48.4 Å². The molecule has 0 radical (unpaired) electrons. The molecule has 3 rings (SSSR count). The van der Waals surface area contributed by atoms with Gasteiger partial charge in [-0.1, -0.05) is 0 Å². The minimum atomic E-state index is 0.0346. The summed E-state index contributed by atoms with van der Waals surface area (Å²) in [7, 11) is 0. The zero-order chi connectivity index (χ0) is 12.7. The van der Waals surface area contributed by atoms with Crippen molar-refractivity contribution >= 4 is 11.8 Å². The predicted molar refractivity (Wildman–Crippen MR) is 66.8 cm³/mol. The van der Waals surface area contributed by atoms with Crippen LogP contribution in [0.3, 0.4) is 0 Å². The Morgan fingerprint density at radius 1 is 1.39 bits per heavy atom. The molecule has 3 aliphatic heterocycles. The van der Waals surface area contributed by atoms with E-state index in [9.17, 15) is 9.59 Å². The number of rotatable bonds is 1. The van der Waals surface area contributed by atoms with Crippen LogP contribution in [0.2, 0.25) is 0 Å². The molecule has 0 aliphatic carbocycles. The van der Waals surface area contributed by atoms with Crippen LogP contribution in [0, 0.1) is 11.8 Å². The van der Waals surface area contributed by atoms with Crippen molar-refractivity contribution in [2.24, 2.45) is 11.8 Å². The highest BCUT2D eigenvalue weighted by atomic mass is 16.2. The van der Waals surface area contributed by atoms with Crippen molar-refractivity contribution in [3.8, 4) is 0 Å². The summed E-state index contributed by atoms with van der Waals surface area (Å²) < 4.78 is 0. The molecule has 100 valence electrons. The molecule has 0 aromatic heterocycles. The van der Waals surface area contributed by atoms with E-state index < -0.39 is 0 Å². The van der Waals surface area contributed by atoms with Crippen LogP contribution >= 0.6 is 0 Å². The molecule has 2 amide bonds. The molecule has 4 atom stereocenters. The average Bonchev–Trinajstić information content (AvgIpc) is 2.95. The number of nitrogens with one attached hydrogen (secondary N) is 2. The Kier molecular flexibility index (Phi) is 3.01. The van der Waals surface area contributed by atoms with Crippen molar-refractivity contribution < 1.29 is 9.59 Å². The van der Waals surface area contributed by atoms with Gasteiger partial charge in [0.1, 0.15) is 0 Å². The van der Waals surface area contributed by atoms with Gasteiger partial charge in [0.2, 0.25) is 11.8 Å². The summed E-state index contributed by atoms with van der Waals surface area (Å²) >= 11 is 0. The lowest BCUT2D eigenvalue weighted by Gasteiger charge is -2.38. The number of fused-ring (bicyclic) bond motifs is 1. The molecule has 5 heteroatoms. The van der Waals surface area contributed by atoms with E-state index in [1.54, 1.807) is 0 Å². The van der Waals surface area contributed by atoms with E-state index in [4.69, 9.17) is 0 Å². The highest BCUT2D eigenvalue weighted by Gasteiger charge is 2.45. The number of carbonyl (C=O) groups is 2. The fourth-order valence-electron chi connectivity index (χ4n) is 3.63. The van der Waals surface area contributed by atoms with Crippen LogP contribution in [0.5, 0.6) is 0 Å². The monoisotopic (exact) mass is 251 g/mol. The topological polar surface area (TPSA) is 61.4 Å². The molecule has 3 fully saturated rings. The van der Waals surface area contributed by atoms with Crippen LogP contribution in [0.25, 0.3) is 0 Å². The molecular weight excluding hydrogens is 230 g/mol. The molecule has 3 aliphatic rings. The maximum absolute atomic E-state index is 12.6. The number of likely N-dealkylation sites (tertiary alicyclic amines) is 1. The molecule has 0 bridgehead atoms. The van der Waals surface area contributed by atoms with Crippen LogP contribution < -0.4 is 10.6 Å². The highest BCUT2D eigenvalue weighted by Crippen LogP contribution is 2.30. The van der Waals surface area contributed by atoms with E-state index in [1.165, 1.54) is 0 Å². The van der Waals surface area contributed by atoms with E-state index in [-0.39, 0.29) is 35.7 Å². The first-order chi connectivity index (χ1) is 8.68. The third-order valence-electron chi connectivity index (χ3n) is 4.73. The van der Waals surface area contributed by atoms with Gasteiger partial charge in [0.15, 0.2) is 0 Å². The van der Waals surface area contributed by atoms with Crippen LogP contribution in [0.15, 0.2) is 0 Å². The molecule has 0 spiro atoms. The molecule has 0 aromatic carbocycles. The van der Waals surface area contributed by atoms with Crippen LogP contribution in [0.4, 0.5) is 0 Å². The third-order valence-corrected chi connectivity index (χ3v) is 4.73. The molecule has 18 heavy (non-hydrogen) atoms. The molecule has 4 unspecified atom stereocenters. The molecule has 5 nitrogen and oxygen atoms in total. The summed E-state index contributed by atoms with van der Waals surface area (Å²) in [5.41, 5.74) is 0. The predicted octanol–water partition coefficient (Wildman–Crippen LogP) is -0.279. The maximum atomic E-state index is 12.6. The second kappa shape index (κ2) is 4.53. The van der Waals surface area contributed by atoms with Gasteiger partial charge < -0.3 is 15.5 Å². The Balaban J connectivity index is 1.75. The standard InChI is InChI=1S/C13H21N3O2/c1-8-9(4-5-14-8)13(18)16-6-2-3-10-11(16)7-15-12(10)17/h8-11,14H,2-7H2,1H3,(H,15,17).